The van der Waals surface area contributed by atoms with E-state index in [0.29, 0.717) is 5.06 Å². The Morgan fingerprint density at radius 3 is 2.12 bits per heavy atom. The van der Waals surface area contributed by atoms with Gasteiger partial charge in [0.15, 0.2) is 6.61 Å². The summed E-state index contributed by atoms with van der Waals surface area (Å²) in [6.45, 7) is -1.36. The van der Waals surface area contributed by atoms with Gasteiger partial charge in [0, 0.05) is 13.0 Å². The summed E-state index contributed by atoms with van der Waals surface area (Å²) in [7, 11) is 1.23. The lowest BCUT2D eigenvalue weighted by molar-refractivity contribution is -0.185. The van der Waals surface area contributed by atoms with E-state index in [0.717, 1.165) is 22.3 Å². The molecule has 0 heterocycles. The van der Waals surface area contributed by atoms with Crippen molar-refractivity contribution in [3.8, 4) is 11.1 Å². The number of benzene rings is 2. The van der Waals surface area contributed by atoms with E-state index in [1.54, 1.807) is 0 Å². The molecule has 0 saturated heterocycles. The van der Waals surface area contributed by atoms with Gasteiger partial charge in [-0.05, 0) is 22.3 Å². The molecule has 3 N–H and O–H groups in total. The number of carbonyl (C=O) groups excluding carboxylic acids is 3. The van der Waals surface area contributed by atoms with Crippen molar-refractivity contribution in [1.82, 2.24) is 15.7 Å². The molecule has 0 fully saturated rings. The van der Waals surface area contributed by atoms with Crippen molar-refractivity contribution >= 4 is 23.9 Å². The van der Waals surface area contributed by atoms with Gasteiger partial charge in [-0.2, -0.15) is 0 Å². The zero-order valence-corrected chi connectivity index (χ0v) is 17.4. The quantitative estimate of drug-likeness (QED) is 0.496. The summed E-state index contributed by atoms with van der Waals surface area (Å²) < 4.78 is 5.33. The Morgan fingerprint density at radius 1 is 0.938 bits per heavy atom. The van der Waals surface area contributed by atoms with E-state index in [2.05, 4.69) is 15.5 Å². The molecule has 10 heteroatoms. The number of carboxylic acids is 1. The monoisotopic (exact) mass is 441 g/mol. The van der Waals surface area contributed by atoms with Gasteiger partial charge in [-0.25, -0.2) is 14.7 Å². The minimum absolute atomic E-state index is 0.0964. The average molecular weight is 441 g/mol. The van der Waals surface area contributed by atoms with Crippen LogP contribution in [0.4, 0.5) is 4.79 Å². The summed E-state index contributed by atoms with van der Waals surface area (Å²) in [6.07, 6.45) is -0.754. The van der Waals surface area contributed by atoms with Crippen molar-refractivity contribution in [1.29, 1.82) is 0 Å². The second-order valence-corrected chi connectivity index (χ2v) is 7.01. The fourth-order valence-electron chi connectivity index (χ4n) is 3.37. The maximum absolute atomic E-state index is 12.1. The third-order valence-corrected chi connectivity index (χ3v) is 4.91. The Bertz CT molecular complexity index is 979. The number of hydroxylamine groups is 2. The van der Waals surface area contributed by atoms with Crippen LogP contribution in [0.15, 0.2) is 48.5 Å². The zero-order chi connectivity index (χ0) is 23.1. The first-order valence-electron chi connectivity index (χ1n) is 9.83. The lowest BCUT2D eigenvalue weighted by Crippen LogP contribution is -2.43. The molecule has 2 aromatic carbocycles. The van der Waals surface area contributed by atoms with Gasteiger partial charge in [-0.3, -0.25) is 14.4 Å². The molecule has 0 bridgehead atoms. The standard InChI is InChI=1S/C22H23N3O7/c1-25(32-13-21(28)29)20(27)11-23-19(26)10-24-22(30)31-12-18-16-8-4-2-6-14(16)15-7-3-5-9-17(15)18/h2-9,18H,10-13H2,1H3,(H,23,26)(H,24,30)(H,28,29). The van der Waals surface area contributed by atoms with Crippen molar-refractivity contribution in [3.63, 3.8) is 0 Å². The molecule has 2 aromatic rings. The van der Waals surface area contributed by atoms with E-state index in [-0.39, 0.29) is 19.1 Å². The van der Waals surface area contributed by atoms with Gasteiger partial charge in [0.2, 0.25) is 5.91 Å². The van der Waals surface area contributed by atoms with Gasteiger partial charge in [-0.1, -0.05) is 48.5 Å². The summed E-state index contributed by atoms with van der Waals surface area (Å²) in [5, 5.41) is 13.9. The Morgan fingerprint density at radius 2 is 1.53 bits per heavy atom. The summed E-state index contributed by atoms with van der Waals surface area (Å²) in [5.41, 5.74) is 4.37. The number of nitrogens with one attached hydrogen (secondary N) is 2. The van der Waals surface area contributed by atoms with Crippen LogP contribution in [0.25, 0.3) is 11.1 Å². The highest BCUT2D eigenvalue weighted by Gasteiger charge is 2.29. The summed E-state index contributed by atoms with van der Waals surface area (Å²) >= 11 is 0. The predicted octanol–water partition coefficient (Wildman–Crippen LogP) is 1.12. The maximum Gasteiger partial charge on any atom is 0.407 e. The Balaban J connectivity index is 1.43. The van der Waals surface area contributed by atoms with Crippen LogP contribution in [-0.4, -0.2) is 67.4 Å². The van der Waals surface area contributed by atoms with Crippen LogP contribution >= 0.6 is 0 Å². The molecular weight excluding hydrogens is 418 g/mol. The molecule has 0 spiro atoms. The van der Waals surface area contributed by atoms with Crippen molar-refractivity contribution < 1.29 is 33.9 Å². The first-order valence-corrected chi connectivity index (χ1v) is 9.83. The smallest absolute Gasteiger partial charge is 0.407 e. The molecule has 0 aliphatic heterocycles. The third kappa shape index (κ3) is 5.61. The minimum Gasteiger partial charge on any atom is -0.479 e. The average Bonchev–Trinajstić information content (AvgIpc) is 3.11. The van der Waals surface area contributed by atoms with Crippen LogP contribution in [0.3, 0.4) is 0 Å². The van der Waals surface area contributed by atoms with E-state index in [4.69, 9.17) is 9.84 Å². The molecule has 0 radical (unpaired) electrons. The second kappa shape index (κ2) is 10.4. The van der Waals surface area contributed by atoms with Crippen molar-refractivity contribution in [3.05, 3.63) is 59.7 Å². The predicted molar refractivity (Wildman–Crippen MR) is 112 cm³/mol. The van der Waals surface area contributed by atoms with Crippen LogP contribution in [0.2, 0.25) is 0 Å². The number of likely N-dealkylation sites (N-methyl/N-ethyl adjacent to an activating group) is 1. The second-order valence-electron chi connectivity index (χ2n) is 7.01. The lowest BCUT2D eigenvalue weighted by Gasteiger charge is -2.16. The largest absolute Gasteiger partial charge is 0.479 e. The van der Waals surface area contributed by atoms with Crippen LogP contribution < -0.4 is 10.6 Å². The van der Waals surface area contributed by atoms with Crippen molar-refractivity contribution in [2.24, 2.45) is 0 Å². The Labute approximate surface area is 184 Å². The van der Waals surface area contributed by atoms with Crippen LogP contribution in [0.5, 0.6) is 0 Å². The number of aliphatic carboxylic acids is 1. The van der Waals surface area contributed by atoms with Gasteiger partial charge < -0.3 is 20.5 Å². The van der Waals surface area contributed by atoms with E-state index >= 15 is 0 Å². The SMILES string of the molecule is CN(OCC(=O)O)C(=O)CNC(=O)CNC(=O)OCC1c2ccccc2-c2ccccc21. The molecule has 0 aromatic heterocycles. The normalized spacial score (nSPS) is 11.8. The number of carboxylic acid groups (broad SMARTS) is 1. The number of carbonyl (C=O) groups is 4. The number of rotatable bonds is 9. The zero-order valence-electron chi connectivity index (χ0n) is 17.4. The third-order valence-electron chi connectivity index (χ3n) is 4.91. The van der Waals surface area contributed by atoms with Crippen molar-refractivity contribution in [2.45, 2.75) is 5.92 Å². The number of ether oxygens (including phenoxy) is 1. The van der Waals surface area contributed by atoms with E-state index in [1.165, 1.54) is 7.05 Å². The number of alkyl carbamates (subject to hydrolysis) is 1. The molecule has 3 rings (SSSR count). The molecule has 0 unspecified atom stereocenters. The molecule has 1 aliphatic carbocycles. The molecule has 1 aliphatic rings. The highest BCUT2D eigenvalue weighted by molar-refractivity contribution is 5.87. The number of hydrogen-bond donors (Lipinski definition) is 3. The Hall–Kier alpha value is -3.92. The van der Waals surface area contributed by atoms with Gasteiger partial charge >= 0.3 is 12.1 Å². The number of amides is 3. The van der Waals surface area contributed by atoms with E-state index in [9.17, 15) is 19.2 Å². The van der Waals surface area contributed by atoms with Gasteiger partial charge in [0.1, 0.15) is 13.2 Å². The fraction of sp³-hybridized carbons (Fsp3) is 0.273. The van der Waals surface area contributed by atoms with E-state index in [1.807, 2.05) is 48.5 Å². The molecular formula is C22H23N3O7. The van der Waals surface area contributed by atoms with Gasteiger partial charge in [-0.15, -0.1) is 0 Å². The number of nitrogens with zero attached hydrogens (tertiary/aromatic N) is 1. The minimum atomic E-state index is -1.24. The molecule has 3 amide bonds. The molecule has 0 saturated carbocycles. The Kier molecular flexibility index (Phi) is 7.40. The summed E-state index contributed by atoms with van der Waals surface area (Å²) in [5.74, 6) is -2.60. The first-order chi connectivity index (χ1) is 15.4. The fourth-order valence-corrected chi connectivity index (χ4v) is 3.37. The van der Waals surface area contributed by atoms with E-state index < -0.39 is 37.0 Å². The maximum atomic E-state index is 12.1. The first kappa shape index (κ1) is 22.8. The number of hydrogen-bond acceptors (Lipinski definition) is 6. The van der Waals surface area contributed by atoms with Gasteiger partial charge in [0.25, 0.3) is 5.91 Å². The number of fused-ring (bicyclic) bond motifs is 3. The van der Waals surface area contributed by atoms with Crippen LogP contribution in [0, 0.1) is 0 Å². The van der Waals surface area contributed by atoms with Crippen LogP contribution in [-0.2, 0) is 24.0 Å². The lowest BCUT2D eigenvalue weighted by atomic mass is 9.98. The molecule has 32 heavy (non-hydrogen) atoms. The highest BCUT2D eigenvalue weighted by Crippen LogP contribution is 2.44. The van der Waals surface area contributed by atoms with Gasteiger partial charge in [0.05, 0.1) is 6.54 Å². The molecule has 168 valence electrons. The summed E-state index contributed by atoms with van der Waals surface area (Å²) in [4.78, 5) is 50.7. The topological polar surface area (TPSA) is 134 Å². The molecule has 10 nitrogen and oxygen atoms in total. The van der Waals surface area contributed by atoms with Crippen LogP contribution in [0.1, 0.15) is 17.0 Å². The van der Waals surface area contributed by atoms with Crippen molar-refractivity contribution in [2.75, 3.05) is 33.4 Å². The highest BCUT2D eigenvalue weighted by atomic mass is 16.7. The summed E-state index contributed by atoms with van der Waals surface area (Å²) in [6, 6.07) is 15.9. The molecule has 0 atom stereocenters.